The first-order valence-electron chi connectivity index (χ1n) is 7.89. The first-order chi connectivity index (χ1) is 10.4. The van der Waals surface area contributed by atoms with Crippen LogP contribution in [0.1, 0.15) is 25.7 Å². The van der Waals surface area contributed by atoms with Crippen LogP contribution in [0.5, 0.6) is 0 Å². The molecule has 1 aliphatic carbocycles. The van der Waals surface area contributed by atoms with Crippen LogP contribution in [0.2, 0.25) is 0 Å². The molecule has 0 radical (unpaired) electrons. The van der Waals surface area contributed by atoms with E-state index in [1.54, 1.807) is 0 Å². The van der Waals surface area contributed by atoms with Crippen LogP contribution < -0.4 is 16.0 Å². The van der Waals surface area contributed by atoms with Crippen LogP contribution in [-0.2, 0) is 0 Å². The molecule has 3 N–H and O–H groups in total. The van der Waals surface area contributed by atoms with Crippen molar-refractivity contribution >= 4 is 22.7 Å². The smallest absolute Gasteiger partial charge is 0.170 e. The van der Waals surface area contributed by atoms with Gasteiger partial charge in [-0.15, -0.1) is 0 Å². The third kappa shape index (κ3) is 2.93. The summed E-state index contributed by atoms with van der Waals surface area (Å²) >= 11 is 0. The van der Waals surface area contributed by atoms with Gasteiger partial charge in [0, 0.05) is 12.1 Å². The minimum Gasteiger partial charge on any atom is -0.364 e. The lowest BCUT2D eigenvalue weighted by Gasteiger charge is -2.25. The summed E-state index contributed by atoms with van der Waals surface area (Å²) in [5.41, 5.74) is 1.91. The molecule has 4 rings (SSSR count). The number of anilines is 2. The van der Waals surface area contributed by atoms with E-state index < -0.39 is 0 Å². The van der Waals surface area contributed by atoms with Gasteiger partial charge >= 0.3 is 0 Å². The van der Waals surface area contributed by atoms with Crippen molar-refractivity contribution in [1.82, 2.24) is 15.3 Å². The summed E-state index contributed by atoms with van der Waals surface area (Å²) in [5, 5.41) is 10.5. The molecule has 5 nitrogen and oxygen atoms in total. The van der Waals surface area contributed by atoms with Crippen LogP contribution in [0, 0.1) is 0 Å². The van der Waals surface area contributed by atoms with E-state index in [9.17, 15) is 0 Å². The first-order valence-corrected chi connectivity index (χ1v) is 7.89. The Bertz CT molecular complexity index is 632. The average Bonchev–Trinajstić information content (AvgIpc) is 3.33. The molecule has 2 aromatic rings. The Labute approximate surface area is 124 Å². The van der Waals surface area contributed by atoms with Gasteiger partial charge in [0.15, 0.2) is 11.6 Å². The molecule has 110 valence electrons. The van der Waals surface area contributed by atoms with Crippen molar-refractivity contribution in [2.24, 2.45) is 0 Å². The summed E-state index contributed by atoms with van der Waals surface area (Å²) in [6.07, 6.45) is 4.75. The van der Waals surface area contributed by atoms with Crippen molar-refractivity contribution < 1.29 is 0 Å². The van der Waals surface area contributed by atoms with E-state index in [2.05, 4.69) is 16.0 Å². The molecule has 1 aliphatic heterocycles. The van der Waals surface area contributed by atoms with Gasteiger partial charge in [-0.1, -0.05) is 12.1 Å². The van der Waals surface area contributed by atoms with E-state index in [0.29, 0.717) is 12.1 Å². The molecule has 0 bridgehead atoms. The predicted octanol–water partition coefficient (Wildman–Crippen LogP) is 2.37. The SMILES string of the molecule is c1ccc2nc(NC3CC3)c(NC3CCNCC3)nc2c1. The van der Waals surface area contributed by atoms with Crippen LogP contribution in [-0.4, -0.2) is 35.1 Å². The number of aromatic nitrogens is 2. The van der Waals surface area contributed by atoms with Gasteiger partial charge in [0.2, 0.25) is 0 Å². The standard InChI is InChI=1S/C16H21N5/c1-2-4-14-13(3-1)20-15(18-11-5-6-11)16(21-14)19-12-7-9-17-10-8-12/h1-4,11-12,17H,5-10H2,(H,18,20)(H,19,21). The number of nitrogens with zero attached hydrogens (tertiary/aromatic N) is 2. The molecule has 5 heteroatoms. The Kier molecular flexibility index (Phi) is 3.35. The first kappa shape index (κ1) is 12.8. The maximum Gasteiger partial charge on any atom is 0.170 e. The molecule has 1 saturated heterocycles. The van der Waals surface area contributed by atoms with E-state index in [0.717, 1.165) is 48.6 Å². The summed E-state index contributed by atoms with van der Waals surface area (Å²) < 4.78 is 0. The third-order valence-corrected chi connectivity index (χ3v) is 4.17. The van der Waals surface area contributed by atoms with Gasteiger partial charge in [0.05, 0.1) is 11.0 Å². The monoisotopic (exact) mass is 283 g/mol. The zero-order chi connectivity index (χ0) is 14.1. The third-order valence-electron chi connectivity index (χ3n) is 4.17. The van der Waals surface area contributed by atoms with E-state index >= 15 is 0 Å². The summed E-state index contributed by atoms with van der Waals surface area (Å²) in [4.78, 5) is 9.56. The van der Waals surface area contributed by atoms with Crippen LogP contribution in [0.4, 0.5) is 11.6 Å². The Hall–Kier alpha value is -1.88. The van der Waals surface area contributed by atoms with E-state index in [1.807, 2.05) is 24.3 Å². The summed E-state index contributed by atoms with van der Waals surface area (Å²) in [6, 6.07) is 9.14. The molecule has 0 unspecified atom stereocenters. The lowest BCUT2D eigenvalue weighted by Crippen LogP contribution is -2.35. The summed E-state index contributed by atoms with van der Waals surface area (Å²) in [6.45, 7) is 2.15. The summed E-state index contributed by atoms with van der Waals surface area (Å²) in [5.74, 6) is 1.82. The van der Waals surface area contributed by atoms with Crippen molar-refractivity contribution in [2.45, 2.75) is 37.8 Å². The number of benzene rings is 1. The minimum atomic E-state index is 0.487. The maximum atomic E-state index is 4.79. The topological polar surface area (TPSA) is 61.9 Å². The molecule has 1 aromatic heterocycles. The van der Waals surface area contributed by atoms with Gasteiger partial charge in [-0.25, -0.2) is 9.97 Å². The highest BCUT2D eigenvalue weighted by Gasteiger charge is 2.24. The van der Waals surface area contributed by atoms with Crippen LogP contribution in [0.3, 0.4) is 0 Å². The Balaban J connectivity index is 1.65. The number of piperidine rings is 1. The number of hydrogen-bond donors (Lipinski definition) is 3. The molecule has 21 heavy (non-hydrogen) atoms. The summed E-state index contributed by atoms with van der Waals surface area (Å²) in [7, 11) is 0. The normalized spacial score (nSPS) is 19.6. The molecule has 0 spiro atoms. The highest BCUT2D eigenvalue weighted by atomic mass is 15.1. The van der Waals surface area contributed by atoms with Crippen molar-refractivity contribution in [3.63, 3.8) is 0 Å². The van der Waals surface area contributed by atoms with Crippen molar-refractivity contribution in [1.29, 1.82) is 0 Å². The molecular formula is C16H21N5. The molecule has 2 fully saturated rings. The Morgan fingerprint density at radius 1 is 0.810 bits per heavy atom. The number of rotatable bonds is 4. The second-order valence-corrected chi connectivity index (χ2v) is 6.00. The van der Waals surface area contributed by atoms with Crippen molar-refractivity contribution in [3.8, 4) is 0 Å². The van der Waals surface area contributed by atoms with E-state index in [-0.39, 0.29) is 0 Å². The Morgan fingerprint density at radius 2 is 1.33 bits per heavy atom. The highest BCUT2D eigenvalue weighted by Crippen LogP contribution is 2.29. The van der Waals surface area contributed by atoms with Gasteiger partial charge in [-0.3, -0.25) is 0 Å². The Morgan fingerprint density at radius 3 is 1.86 bits per heavy atom. The van der Waals surface area contributed by atoms with Crippen LogP contribution in [0.15, 0.2) is 24.3 Å². The maximum absolute atomic E-state index is 4.79. The lowest BCUT2D eigenvalue weighted by molar-refractivity contribution is 0.478. The van der Waals surface area contributed by atoms with Crippen LogP contribution in [0.25, 0.3) is 11.0 Å². The fourth-order valence-electron chi connectivity index (χ4n) is 2.78. The number of fused-ring (bicyclic) bond motifs is 1. The second-order valence-electron chi connectivity index (χ2n) is 6.00. The van der Waals surface area contributed by atoms with E-state index in [1.165, 1.54) is 12.8 Å². The van der Waals surface area contributed by atoms with Crippen molar-refractivity contribution in [2.75, 3.05) is 23.7 Å². The van der Waals surface area contributed by atoms with Crippen LogP contribution >= 0.6 is 0 Å². The number of para-hydroxylation sites is 2. The van der Waals surface area contributed by atoms with Gasteiger partial charge in [-0.05, 0) is 50.9 Å². The molecule has 1 saturated carbocycles. The van der Waals surface area contributed by atoms with Gasteiger partial charge < -0.3 is 16.0 Å². The molecule has 0 amide bonds. The van der Waals surface area contributed by atoms with Gasteiger partial charge in [0.25, 0.3) is 0 Å². The second kappa shape index (κ2) is 5.48. The lowest BCUT2D eigenvalue weighted by atomic mass is 10.1. The number of hydrogen-bond acceptors (Lipinski definition) is 5. The minimum absolute atomic E-state index is 0.487. The quantitative estimate of drug-likeness (QED) is 0.804. The fraction of sp³-hybridized carbons (Fsp3) is 0.500. The van der Waals surface area contributed by atoms with E-state index in [4.69, 9.17) is 9.97 Å². The zero-order valence-corrected chi connectivity index (χ0v) is 12.1. The fourth-order valence-corrected chi connectivity index (χ4v) is 2.78. The number of nitrogens with one attached hydrogen (secondary N) is 3. The zero-order valence-electron chi connectivity index (χ0n) is 12.1. The molecule has 0 atom stereocenters. The van der Waals surface area contributed by atoms with Gasteiger partial charge in [0.1, 0.15) is 0 Å². The average molecular weight is 283 g/mol. The molecular weight excluding hydrogens is 262 g/mol. The largest absolute Gasteiger partial charge is 0.364 e. The van der Waals surface area contributed by atoms with Gasteiger partial charge in [-0.2, -0.15) is 0 Å². The van der Waals surface area contributed by atoms with Crippen molar-refractivity contribution in [3.05, 3.63) is 24.3 Å². The molecule has 2 aliphatic rings. The predicted molar refractivity (Wildman–Crippen MR) is 85.7 cm³/mol. The molecule has 2 heterocycles. The highest BCUT2D eigenvalue weighted by molar-refractivity contribution is 5.80. The molecule has 1 aromatic carbocycles.